The Morgan fingerprint density at radius 3 is 2.75 bits per heavy atom. The van der Waals surface area contributed by atoms with Crippen LogP contribution in [0.25, 0.3) is 11.1 Å². The fourth-order valence-corrected chi connectivity index (χ4v) is 2.29. The Balaban J connectivity index is 1.41. The maximum atomic E-state index is 12.0. The van der Waals surface area contributed by atoms with Crippen molar-refractivity contribution in [3.8, 4) is 11.5 Å². The molecule has 3 rings (SSSR count). The topological polar surface area (TPSA) is 73.6 Å². The quantitative estimate of drug-likeness (QED) is 0.676. The molecule has 0 aliphatic rings. The Labute approximate surface area is 139 Å². The van der Waals surface area contributed by atoms with Crippen molar-refractivity contribution in [1.29, 1.82) is 0 Å². The zero-order chi connectivity index (χ0) is 16.8. The lowest BCUT2D eigenvalue weighted by Crippen LogP contribution is -2.29. The molecule has 0 saturated carbocycles. The van der Waals surface area contributed by atoms with E-state index < -0.39 is 0 Å². The first-order valence-electron chi connectivity index (χ1n) is 7.60. The highest BCUT2D eigenvalue weighted by Gasteiger charge is 2.06. The molecule has 0 spiro atoms. The molecule has 0 bridgehead atoms. The standard InChI is InChI=1S/C18H18N2O4/c1-22-14-3-5-15(6-4-14)23-9-8-19-18(21)11-13-2-7-16-17(10-13)24-12-20-16/h2-7,10,12H,8-9,11H2,1H3,(H,19,21). The van der Waals surface area contributed by atoms with Crippen molar-refractivity contribution in [3.63, 3.8) is 0 Å². The Morgan fingerprint density at radius 1 is 1.17 bits per heavy atom. The summed E-state index contributed by atoms with van der Waals surface area (Å²) in [7, 11) is 1.62. The molecule has 0 radical (unpaired) electrons. The molecule has 6 heteroatoms. The van der Waals surface area contributed by atoms with Crippen LogP contribution in [0.2, 0.25) is 0 Å². The van der Waals surface area contributed by atoms with Crippen molar-refractivity contribution in [2.75, 3.05) is 20.3 Å². The van der Waals surface area contributed by atoms with Gasteiger partial charge < -0.3 is 19.2 Å². The summed E-state index contributed by atoms with van der Waals surface area (Å²) in [6.07, 6.45) is 1.68. The average Bonchev–Trinajstić information content (AvgIpc) is 3.07. The van der Waals surface area contributed by atoms with Crippen LogP contribution < -0.4 is 14.8 Å². The molecule has 1 aromatic heterocycles. The van der Waals surface area contributed by atoms with Gasteiger partial charge in [-0.1, -0.05) is 6.07 Å². The molecule has 0 unspecified atom stereocenters. The second kappa shape index (κ2) is 7.50. The maximum absolute atomic E-state index is 12.0. The van der Waals surface area contributed by atoms with Gasteiger partial charge in [-0.25, -0.2) is 4.98 Å². The van der Waals surface area contributed by atoms with E-state index in [0.717, 1.165) is 22.6 Å². The van der Waals surface area contributed by atoms with Crippen molar-refractivity contribution in [2.24, 2.45) is 0 Å². The van der Waals surface area contributed by atoms with Crippen LogP contribution in [0.3, 0.4) is 0 Å². The number of hydrogen-bond donors (Lipinski definition) is 1. The van der Waals surface area contributed by atoms with Gasteiger partial charge in [0.1, 0.15) is 23.6 Å². The molecule has 6 nitrogen and oxygen atoms in total. The zero-order valence-electron chi connectivity index (χ0n) is 13.3. The third-order valence-corrected chi connectivity index (χ3v) is 3.51. The highest BCUT2D eigenvalue weighted by molar-refractivity contribution is 5.80. The van der Waals surface area contributed by atoms with Gasteiger partial charge in [-0.3, -0.25) is 4.79 Å². The fraction of sp³-hybridized carbons (Fsp3) is 0.222. The number of nitrogens with one attached hydrogen (secondary N) is 1. The minimum atomic E-state index is -0.0628. The molecule has 3 aromatic rings. The molecule has 0 aliphatic carbocycles. The number of carbonyl (C=O) groups is 1. The van der Waals surface area contributed by atoms with E-state index in [0.29, 0.717) is 25.2 Å². The molecular formula is C18H18N2O4. The summed E-state index contributed by atoms with van der Waals surface area (Å²) in [6.45, 7) is 0.842. The van der Waals surface area contributed by atoms with Crippen LogP contribution in [0.5, 0.6) is 11.5 Å². The largest absolute Gasteiger partial charge is 0.497 e. The number of amides is 1. The predicted octanol–water partition coefficient (Wildman–Crippen LogP) is 2.57. The van der Waals surface area contributed by atoms with Crippen molar-refractivity contribution < 1.29 is 18.7 Å². The van der Waals surface area contributed by atoms with E-state index in [2.05, 4.69) is 10.3 Å². The second-order valence-electron chi connectivity index (χ2n) is 5.21. The van der Waals surface area contributed by atoms with Crippen LogP contribution in [0.4, 0.5) is 0 Å². The minimum absolute atomic E-state index is 0.0628. The number of ether oxygens (including phenoxy) is 2. The summed E-state index contributed by atoms with van der Waals surface area (Å²) in [5, 5.41) is 2.83. The molecule has 1 amide bonds. The zero-order valence-corrected chi connectivity index (χ0v) is 13.3. The van der Waals surface area contributed by atoms with Gasteiger partial charge in [-0.05, 0) is 42.0 Å². The Bertz CT molecular complexity index is 811. The third-order valence-electron chi connectivity index (χ3n) is 3.51. The minimum Gasteiger partial charge on any atom is -0.497 e. The normalized spacial score (nSPS) is 10.5. The van der Waals surface area contributed by atoms with Gasteiger partial charge >= 0.3 is 0 Å². The number of rotatable bonds is 7. The number of methoxy groups -OCH3 is 1. The molecule has 1 N–H and O–H groups in total. The Hall–Kier alpha value is -3.02. The summed E-state index contributed by atoms with van der Waals surface area (Å²) in [5.74, 6) is 1.45. The van der Waals surface area contributed by atoms with Crippen molar-refractivity contribution in [3.05, 3.63) is 54.4 Å². The third kappa shape index (κ3) is 4.04. The summed E-state index contributed by atoms with van der Waals surface area (Å²) in [4.78, 5) is 16.0. The highest BCUT2D eigenvalue weighted by Crippen LogP contribution is 2.17. The number of fused-ring (bicyclic) bond motifs is 1. The molecule has 0 fully saturated rings. The SMILES string of the molecule is COc1ccc(OCCNC(=O)Cc2ccc3ncoc3c2)cc1. The first-order valence-corrected chi connectivity index (χ1v) is 7.60. The van der Waals surface area contributed by atoms with Crippen molar-refractivity contribution in [2.45, 2.75) is 6.42 Å². The first-order chi connectivity index (χ1) is 11.7. The number of benzene rings is 2. The molecular weight excluding hydrogens is 308 g/mol. The van der Waals surface area contributed by atoms with Crippen LogP contribution in [0, 0.1) is 0 Å². The fourth-order valence-electron chi connectivity index (χ4n) is 2.29. The van der Waals surface area contributed by atoms with Crippen molar-refractivity contribution >= 4 is 17.0 Å². The maximum Gasteiger partial charge on any atom is 0.224 e. The summed E-state index contributed by atoms with van der Waals surface area (Å²) >= 11 is 0. The Kier molecular flexibility index (Phi) is 4.96. The van der Waals surface area contributed by atoms with Crippen LogP contribution >= 0.6 is 0 Å². The lowest BCUT2D eigenvalue weighted by Gasteiger charge is -2.08. The lowest BCUT2D eigenvalue weighted by atomic mass is 10.1. The second-order valence-corrected chi connectivity index (χ2v) is 5.21. The van der Waals surface area contributed by atoms with Gasteiger partial charge in [0.25, 0.3) is 0 Å². The van der Waals surface area contributed by atoms with Gasteiger partial charge in [0, 0.05) is 0 Å². The van der Waals surface area contributed by atoms with E-state index in [4.69, 9.17) is 13.9 Å². The van der Waals surface area contributed by atoms with E-state index in [1.54, 1.807) is 7.11 Å². The molecule has 0 atom stereocenters. The predicted molar refractivity (Wildman–Crippen MR) is 89.2 cm³/mol. The van der Waals surface area contributed by atoms with Crippen molar-refractivity contribution in [1.82, 2.24) is 10.3 Å². The molecule has 24 heavy (non-hydrogen) atoms. The van der Waals surface area contributed by atoms with Gasteiger partial charge in [-0.15, -0.1) is 0 Å². The molecule has 124 valence electrons. The van der Waals surface area contributed by atoms with Gasteiger partial charge in [0.05, 0.1) is 20.1 Å². The lowest BCUT2D eigenvalue weighted by molar-refractivity contribution is -0.120. The van der Waals surface area contributed by atoms with Gasteiger partial charge in [-0.2, -0.15) is 0 Å². The number of hydrogen-bond acceptors (Lipinski definition) is 5. The van der Waals surface area contributed by atoms with E-state index in [9.17, 15) is 4.79 Å². The van der Waals surface area contributed by atoms with Gasteiger partial charge in [0.15, 0.2) is 12.0 Å². The number of nitrogens with zero attached hydrogens (tertiary/aromatic N) is 1. The smallest absolute Gasteiger partial charge is 0.224 e. The number of oxazole rings is 1. The molecule has 0 saturated heterocycles. The first kappa shape index (κ1) is 15.9. The van der Waals surface area contributed by atoms with E-state index in [1.165, 1.54) is 6.39 Å². The number of carbonyl (C=O) groups excluding carboxylic acids is 1. The molecule has 0 aliphatic heterocycles. The van der Waals surface area contributed by atoms with E-state index in [-0.39, 0.29) is 5.91 Å². The van der Waals surface area contributed by atoms with Crippen LogP contribution in [0.15, 0.2) is 53.3 Å². The van der Waals surface area contributed by atoms with E-state index >= 15 is 0 Å². The van der Waals surface area contributed by atoms with Crippen LogP contribution in [-0.4, -0.2) is 31.2 Å². The van der Waals surface area contributed by atoms with E-state index in [1.807, 2.05) is 42.5 Å². The average molecular weight is 326 g/mol. The summed E-state index contributed by atoms with van der Waals surface area (Å²) in [6, 6.07) is 12.9. The highest BCUT2D eigenvalue weighted by atomic mass is 16.5. The summed E-state index contributed by atoms with van der Waals surface area (Å²) in [5.41, 5.74) is 2.35. The van der Waals surface area contributed by atoms with Gasteiger partial charge in [0.2, 0.25) is 5.91 Å². The molecule has 1 heterocycles. The number of aromatic nitrogens is 1. The van der Waals surface area contributed by atoms with Crippen LogP contribution in [-0.2, 0) is 11.2 Å². The monoisotopic (exact) mass is 326 g/mol. The molecule has 2 aromatic carbocycles. The van der Waals surface area contributed by atoms with Crippen LogP contribution in [0.1, 0.15) is 5.56 Å². The Morgan fingerprint density at radius 2 is 1.96 bits per heavy atom. The summed E-state index contributed by atoms with van der Waals surface area (Å²) < 4.78 is 15.9.